The van der Waals surface area contributed by atoms with Gasteiger partial charge in [0.25, 0.3) is 0 Å². The summed E-state index contributed by atoms with van der Waals surface area (Å²) in [5.74, 6) is -1.16. The van der Waals surface area contributed by atoms with Crippen LogP contribution in [0.15, 0.2) is 18.2 Å². The minimum atomic E-state index is -1.08. The number of carbonyl (C=O) groups excluding carboxylic acids is 4. The van der Waals surface area contributed by atoms with Crippen LogP contribution in [0.2, 0.25) is 0 Å². The van der Waals surface area contributed by atoms with Crippen LogP contribution in [-0.2, 0) is 35.0 Å². The molecular formula is C29H45NO10. The third-order valence-electron chi connectivity index (χ3n) is 6.33. The van der Waals surface area contributed by atoms with Crippen LogP contribution in [0, 0.1) is 11.8 Å². The Kier molecular flexibility index (Phi) is 14.5. The number of carbonyl (C=O) groups is 4. The van der Waals surface area contributed by atoms with Gasteiger partial charge in [0, 0.05) is 6.42 Å². The van der Waals surface area contributed by atoms with E-state index in [-0.39, 0.29) is 42.1 Å². The lowest BCUT2D eigenvalue weighted by Crippen LogP contribution is -2.39. The van der Waals surface area contributed by atoms with Crippen molar-refractivity contribution in [1.82, 2.24) is 0 Å². The van der Waals surface area contributed by atoms with Crippen LogP contribution in [0.3, 0.4) is 0 Å². The van der Waals surface area contributed by atoms with Gasteiger partial charge in [-0.3, -0.25) is 9.59 Å². The molecule has 0 bridgehead atoms. The first-order valence-electron chi connectivity index (χ1n) is 13.7. The Morgan fingerprint density at radius 1 is 0.700 bits per heavy atom. The lowest BCUT2D eigenvalue weighted by Gasteiger charge is -2.22. The molecule has 0 saturated carbocycles. The summed E-state index contributed by atoms with van der Waals surface area (Å²) in [4.78, 5) is 49.1. The highest BCUT2D eigenvalue weighted by Gasteiger charge is 2.26. The van der Waals surface area contributed by atoms with E-state index >= 15 is 0 Å². The molecule has 0 aliphatic heterocycles. The Morgan fingerprint density at radius 2 is 1.20 bits per heavy atom. The maximum absolute atomic E-state index is 12.6. The van der Waals surface area contributed by atoms with Crippen molar-refractivity contribution in [3.8, 4) is 11.5 Å². The molecule has 226 valence electrons. The zero-order chi connectivity index (χ0) is 30.6. The molecule has 1 rings (SSSR count). The molecule has 0 amide bonds. The molecule has 0 saturated heterocycles. The van der Waals surface area contributed by atoms with Gasteiger partial charge in [-0.1, -0.05) is 40.7 Å². The second-order valence-electron chi connectivity index (χ2n) is 10.5. The number of ether oxygens (including phenoxy) is 6. The SMILES string of the molecule is CCCC(=O)O[C@@H](C)[C@H](C)OC(=O)[C@@H](N)Cc1ccc(OC(=O)OC(C)C(C)C)c(OC(=O)OC(C)C(C)C)c1. The van der Waals surface area contributed by atoms with Crippen molar-refractivity contribution < 1.29 is 47.6 Å². The van der Waals surface area contributed by atoms with E-state index in [1.807, 2.05) is 34.6 Å². The summed E-state index contributed by atoms with van der Waals surface area (Å²) in [5.41, 5.74) is 6.57. The van der Waals surface area contributed by atoms with Crippen LogP contribution < -0.4 is 15.2 Å². The van der Waals surface area contributed by atoms with Gasteiger partial charge in [-0.15, -0.1) is 0 Å². The zero-order valence-electron chi connectivity index (χ0n) is 25.1. The number of hydrogen-bond donors (Lipinski definition) is 1. The van der Waals surface area contributed by atoms with Crippen LogP contribution in [-0.4, -0.2) is 54.7 Å². The molecule has 40 heavy (non-hydrogen) atoms. The second-order valence-corrected chi connectivity index (χ2v) is 10.5. The Bertz CT molecular complexity index is 993. The molecule has 2 unspecified atom stereocenters. The molecule has 0 spiro atoms. The molecule has 2 N–H and O–H groups in total. The molecule has 1 aromatic carbocycles. The summed E-state index contributed by atoms with van der Waals surface area (Å²) >= 11 is 0. The monoisotopic (exact) mass is 567 g/mol. The Morgan fingerprint density at radius 3 is 1.70 bits per heavy atom. The maximum atomic E-state index is 12.6. The maximum Gasteiger partial charge on any atom is 0.514 e. The van der Waals surface area contributed by atoms with Gasteiger partial charge in [0.1, 0.15) is 30.5 Å². The summed E-state index contributed by atoms with van der Waals surface area (Å²) in [6.07, 6.45) is -3.22. The third kappa shape index (κ3) is 12.2. The Hall–Kier alpha value is -3.34. The summed E-state index contributed by atoms with van der Waals surface area (Å²) in [6.45, 7) is 16.1. The minimum Gasteiger partial charge on any atom is -0.459 e. The van der Waals surface area contributed by atoms with Gasteiger partial charge in [0.15, 0.2) is 11.5 Å². The van der Waals surface area contributed by atoms with Crippen molar-refractivity contribution in [1.29, 1.82) is 0 Å². The van der Waals surface area contributed by atoms with Crippen molar-refractivity contribution in [2.45, 2.75) is 112 Å². The summed E-state index contributed by atoms with van der Waals surface area (Å²) < 4.78 is 31.8. The number of benzene rings is 1. The summed E-state index contributed by atoms with van der Waals surface area (Å²) in [6, 6.07) is 3.31. The van der Waals surface area contributed by atoms with Crippen molar-refractivity contribution >= 4 is 24.2 Å². The number of hydrogen-bond acceptors (Lipinski definition) is 11. The van der Waals surface area contributed by atoms with Gasteiger partial charge in [0.2, 0.25) is 0 Å². The van der Waals surface area contributed by atoms with Crippen molar-refractivity contribution in [2.24, 2.45) is 17.6 Å². The van der Waals surface area contributed by atoms with Crippen molar-refractivity contribution in [3.05, 3.63) is 23.8 Å². The van der Waals surface area contributed by atoms with Crippen LogP contribution in [0.5, 0.6) is 11.5 Å². The highest BCUT2D eigenvalue weighted by atomic mass is 16.8. The fraction of sp³-hybridized carbons (Fsp3) is 0.655. The van der Waals surface area contributed by atoms with Crippen molar-refractivity contribution in [3.63, 3.8) is 0 Å². The van der Waals surface area contributed by atoms with E-state index < -0.39 is 48.7 Å². The molecule has 0 heterocycles. The van der Waals surface area contributed by atoms with Crippen LogP contribution in [0.4, 0.5) is 9.59 Å². The van der Waals surface area contributed by atoms with E-state index in [1.54, 1.807) is 33.8 Å². The first kappa shape index (κ1) is 34.7. The largest absolute Gasteiger partial charge is 0.514 e. The normalized spacial score (nSPS) is 14.9. The van der Waals surface area contributed by atoms with E-state index in [0.29, 0.717) is 12.0 Å². The molecule has 5 atom stereocenters. The first-order chi connectivity index (χ1) is 18.6. The molecule has 0 aliphatic carbocycles. The smallest absolute Gasteiger partial charge is 0.459 e. The summed E-state index contributed by atoms with van der Waals surface area (Å²) in [7, 11) is 0. The number of nitrogens with two attached hydrogens (primary N) is 1. The second kappa shape index (κ2) is 16.7. The van der Waals surface area contributed by atoms with Gasteiger partial charge < -0.3 is 34.2 Å². The quantitative estimate of drug-likeness (QED) is 0.176. The van der Waals surface area contributed by atoms with Crippen LogP contribution in [0.1, 0.15) is 80.7 Å². The van der Waals surface area contributed by atoms with Crippen LogP contribution >= 0.6 is 0 Å². The standard InChI is InChI=1S/C29H45NO10/c1-10-11-26(31)35-20(8)21(9)36-27(32)23(30)14-22-12-13-24(39-28(33)37-18(6)16(2)3)25(15-22)40-29(34)38-19(7)17(4)5/h12-13,15-21,23H,10-11,14,30H2,1-9H3/t18?,19?,20-,21-,23-/m0/s1. The van der Waals surface area contributed by atoms with Gasteiger partial charge in [-0.2, -0.15) is 0 Å². The molecule has 11 heteroatoms. The Balaban J connectivity index is 3.01. The fourth-order valence-electron chi connectivity index (χ4n) is 2.92. The average Bonchev–Trinajstić information content (AvgIpc) is 2.85. The topological polar surface area (TPSA) is 150 Å². The molecule has 0 fully saturated rings. The molecule has 0 radical (unpaired) electrons. The molecule has 11 nitrogen and oxygen atoms in total. The molecule has 0 aromatic heterocycles. The van der Waals surface area contributed by atoms with E-state index in [9.17, 15) is 19.2 Å². The highest BCUT2D eigenvalue weighted by molar-refractivity contribution is 5.76. The Labute approximate surface area is 236 Å². The highest BCUT2D eigenvalue weighted by Crippen LogP contribution is 2.30. The minimum absolute atomic E-state index is 0.0124. The van der Waals surface area contributed by atoms with Gasteiger partial charge in [-0.25, -0.2) is 9.59 Å². The molecular weight excluding hydrogens is 522 g/mol. The van der Waals surface area contributed by atoms with Crippen LogP contribution in [0.25, 0.3) is 0 Å². The zero-order valence-corrected chi connectivity index (χ0v) is 25.1. The molecule has 0 aliphatic rings. The van der Waals surface area contributed by atoms with Crippen molar-refractivity contribution in [2.75, 3.05) is 0 Å². The number of rotatable bonds is 14. The number of esters is 2. The fourth-order valence-corrected chi connectivity index (χ4v) is 2.92. The lowest BCUT2D eigenvalue weighted by atomic mass is 10.1. The molecule has 1 aromatic rings. The first-order valence-corrected chi connectivity index (χ1v) is 13.7. The third-order valence-corrected chi connectivity index (χ3v) is 6.33. The van der Waals surface area contributed by atoms with E-state index in [2.05, 4.69) is 0 Å². The van der Waals surface area contributed by atoms with Gasteiger partial charge in [-0.05, 0) is 70.1 Å². The predicted molar refractivity (Wildman–Crippen MR) is 147 cm³/mol. The van der Waals surface area contributed by atoms with Gasteiger partial charge in [0.05, 0.1) is 0 Å². The summed E-state index contributed by atoms with van der Waals surface area (Å²) in [5, 5.41) is 0. The van der Waals surface area contributed by atoms with Gasteiger partial charge >= 0.3 is 24.2 Å². The average molecular weight is 568 g/mol. The lowest BCUT2D eigenvalue weighted by molar-refractivity contribution is -0.166. The predicted octanol–water partition coefficient (Wildman–Crippen LogP) is 5.34. The van der Waals surface area contributed by atoms with E-state index in [1.165, 1.54) is 12.1 Å². The van der Waals surface area contributed by atoms with E-state index in [0.717, 1.165) is 0 Å². The van der Waals surface area contributed by atoms with E-state index in [4.69, 9.17) is 34.2 Å².